The average molecular weight is 448 g/mol. The Hall–Kier alpha value is -2.82. The molecule has 1 N–H and O–H groups in total. The molecule has 0 spiro atoms. The van der Waals surface area contributed by atoms with E-state index in [9.17, 15) is 13.2 Å². The number of benzene rings is 2. The maximum absolute atomic E-state index is 12.9. The lowest BCUT2D eigenvalue weighted by Gasteiger charge is -2.36. The molecule has 1 saturated heterocycles. The van der Waals surface area contributed by atoms with Crippen molar-refractivity contribution < 1.29 is 27.4 Å². The minimum absolute atomic E-state index is 0.162. The van der Waals surface area contributed by atoms with Gasteiger partial charge in [0.15, 0.2) is 11.5 Å². The number of rotatable bonds is 6. The van der Waals surface area contributed by atoms with E-state index in [1.807, 2.05) is 11.8 Å². The van der Waals surface area contributed by atoms with Gasteiger partial charge in [0.2, 0.25) is 22.7 Å². The molecular formula is C21H25N3O6S. The van der Waals surface area contributed by atoms with Crippen molar-refractivity contribution in [1.29, 1.82) is 0 Å². The molecule has 4 rings (SSSR count). The number of fused-ring (bicyclic) bond motifs is 1. The first-order valence-electron chi connectivity index (χ1n) is 9.97. The van der Waals surface area contributed by atoms with Crippen LogP contribution in [0.3, 0.4) is 0 Å². The summed E-state index contributed by atoms with van der Waals surface area (Å²) in [4.78, 5) is 14.9. The van der Waals surface area contributed by atoms with Crippen molar-refractivity contribution >= 4 is 21.6 Å². The van der Waals surface area contributed by atoms with Gasteiger partial charge in [0.1, 0.15) is 5.75 Å². The minimum atomic E-state index is -3.59. The van der Waals surface area contributed by atoms with Gasteiger partial charge in [0.25, 0.3) is 0 Å². The summed E-state index contributed by atoms with van der Waals surface area (Å²) in [7, 11) is -2.05. The van der Waals surface area contributed by atoms with Gasteiger partial charge in [0, 0.05) is 37.9 Å². The number of carbonyl (C=O) groups is 1. The van der Waals surface area contributed by atoms with Crippen LogP contribution in [0, 0.1) is 0 Å². The van der Waals surface area contributed by atoms with E-state index >= 15 is 0 Å². The lowest BCUT2D eigenvalue weighted by Crippen LogP contribution is -2.53. The van der Waals surface area contributed by atoms with Crippen molar-refractivity contribution in [3.63, 3.8) is 0 Å². The average Bonchev–Trinajstić information content (AvgIpc) is 3.26. The van der Waals surface area contributed by atoms with Crippen LogP contribution in [0.1, 0.15) is 6.92 Å². The van der Waals surface area contributed by atoms with E-state index in [-0.39, 0.29) is 17.6 Å². The highest BCUT2D eigenvalue weighted by Crippen LogP contribution is 2.34. The molecule has 9 nitrogen and oxygen atoms in total. The summed E-state index contributed by atoms with van der Waals surface area (Å²) in [6, 6.07) is 11.2. The van der Waals surface area contributed by atoms with Gasteiger partial charge in [-0.05, 0) is 43.3 Å². The molecule has 2 aliphatic rings. The van der Waals surface area contributed by atoms with Crippen molar-refractivity contribution in [2.75, 3.05) is 45.4 Å². The van der Waals surface area contributed by atoms with Gasteiger partial charge in [-0.2, -0.15) is 4.31 Å². The van der Waals surface area contributed by atoms with Crippen molar-refractivity contribution in [2.45, 2.75) is 17.9 Å². The van der Waals surface area contributed by atoms with E-state index in [4.69, 9.17) is 14.2 Å². The first-order valence-corrected chi connectivity index (χ1v) is 11.4. The highest BCUT2D eigenvalue weighted by molar-refractivity contribution is 7.89. The fourth-order valence-electron chi connectivity index (χ4n) is 3.61. The number of hydrogen-bond acceptors (Lipinski definition) is 7. The molecule has 2 aliphatic heterocycles. The van der Waals surface area contributed by atoms with Crippen LogP contribution in [0.4, 0.5) is 5.69 Å². The molecule has 0 aliphatic carbocycles. The number of carbonyl (C=O) groups excluding carboxylic acids is 1. The zero-order chi connectivity index (χ0) is 22.0. The van der Waals surface area contributed by atoms with Gasteiger partial charge < -0.3 is 19.5 Å². The van der Waals surface area contributed by atoms with Gasteiger partial charge in [-0.1, -0.05) is 0 Å². The summed E-state index contributed by atoms with van der Waals surface area (Å²) in [5.74, 6) is 1.69. The van der Waals surface area contributed by atoms with Gasteiger partial charge in [-0.3, -0.25) is 9.69 Å². The van der Waals surface area contributed by atoms with Crippen LogP contribution < -0.4 is 19.5 Å². The van der Waals surface area contributed by atoms with Gasteiger partial charge in [0.05, 0.1) is 18.0 Å². The Bertz CT molecular complexity index is 1050. The highest BCUT2D eigenvalue weighted by atomic mass is 32.2. The number of amides is 1. The van der Waals surface area contributed by atoms with Gasteiger partial charge in [-0.25, -0.2) is 8.42 Å². The third-order valence-electron chi connectivity index (χ3n) is 5.54. The van der Waals surface area contributed by atoms with Crippen molar-refractivity contribution in [3.8, 4) is 17.2 Å². The number of sulfonamides is 1. The molecule has 2 aromatic carbocycles. The number of nitrogens with one attached hydrogen (secondary N) is 1. The maximum atomic E-state index is 12.9. The van der Waals surface area contributed by atoms with E-state index < -0.39 is 16.1 Å². The normalized spacial score (nSPS) is 17.9. The van der Waals surface area contributed by atoms with Gasteiger partial charge in [-0.15, -0.1) is 0 Å². The largest absolute Gasteiger partial charge is 0.497 e. The molecule has 0 bridgehead atoms. The summed E-state index contributed by atoms with van der Waals surface area (Å²) in [6.45, 7) is 3.55. The molecule has 166 valence electrons. The second-order valence-electron chi connectivity index (χ2n) is 7.35. The molecule has 31 heavy (non-hydrogen) atoms. The lowest BCUT2D eigenvalue weighted by molar-refractivity contribution is -0.121. The Balaban J connectivity index is 1.34. The Morgan fingerprint density at radius 3 is 2.39 bits per heavy atom. The summed E-state index contributed by atoms with van der Waals surface area (Å²) in [6.07, 6.45) is 0. The quantitative estimate of drug-likeness (QED) is 0.721. The molecule has 2 aromatic rings. The molecule has 0 saturated carbocycles. The Morgan fingerprint density at radius 2 is 1.71 bits per heavy atom. The Labute approximate surface area is 181 Å². The smallest absolute Gasteiger partial charge is 0.243 e. The molecule has 1 atom stereocenters. The number of piperazine rings is 1. The van der Waals surface area contributed by atoms with Crippen LogP contribution >= 0.6 is 0 Å². The molecule has 2 heterocycles. The van der Waals surface area contributed by atoms with Gasteiger partial charge >= 0.3 is 0 Å². The van der Waals surface area contributed by atoms with E-state index in [1.165, 1.54) is 11.4 Å². The van der Waals surface area contributed by atoms with E-state index in [2.05, 4.69) is 5.32 Å². The SMILES string of the molecule is COc1ccc(S(=O)(=O)N2CCN([C@H](C)C(=O)Nc3ccc4c(c3)OCO4)CC2)cc1. The predicted octanol–water partition coefficient (Wildman–Crippen LogP) is 1.76. The third-order valence-corrected chi connectivity index (χ3v) is 7.45. The summed E-state index contributed by atoms with van der Waals surface area (Å²) < 4.78 is 42.9. The summed E-state index contributed by atoms with van der Waals surface area (Å²) in [5, 5.41) is 2.89. The minimum Gasteiger partial charge on any atom is -0.497 e. The number of ether oxygens (including phenoxy) is 3. The van der Waals surface area contributed by atoms with Crippen molar-refractivity contribution in [3.05, 3.63) is 42.5 Å². The number of anilines is 1. The van der Waals surface area contributed by atoms with Crippen LogP contribution in [0.25, 0.3) is 0 Å². The fraction of sp³-hybridized carbons (Fsp3) is 0.381. The van der Waals surface area contributed by atoms with Crippen LogP contribution in [0.2, 0.25) is 0 Å². The highest BCUT2D eigenvalue weighted by Gasteiger charge is 2.32. The fourth-order valence-corrected chi connectivity index (χ4v) is 5.04. The molecule has 0 radical (unpaired) electrons. The second-order valence-corrected chi connectivity index (χ2v) is 9.29. The maximum Gasteiger partial charge on any atom is 0.243 e. The van der Waals surface area contributed by atoms with E-state index in [0.29, 0.717) is 49.1 Å². The first-order chi connectivity index (χ1) is 14.9. The van der Waals surface area contributed by atoms with Crippen LogP contribution in [0.15, 0.2) is 47.4 Å². The molecule has 1 amide bonds. The first kappa shape index (κ1) is 21.4. The second kappa shape index (κ2) is 8.74. The predicted molar refractivity (Wildman–Crippen MR) is 114 cm³/mol. The van der Waals surface area contributed by atoms with Crippen LogP contribution in [-0.4, -0.2) is 69.7 Å². The zero-order valence-electron chi connectivity index (χ0n) is 17.4. The summed E-state index contributed by atoms with van der Waals surface area (Å²) >= 11 is 0. The van der Waals surface area contributed by atoms with E-state index in [0.717, 1.165) is 0 Å². The molecular weight excluding hydrogens is 422 g/mol. The van der Waals surface area contributed by atoms with Crippen LogP contribution in [-0.2, 0) is 14.8 Å². The topological polar surface area (TPSA) is 97.4 Å². The monoisotopic (exact) mass is 447 g/mol. The standard InChI is InChI=1S/C21H25N3O6S/c1-15(21(25)22-16-3-8-19-20(13-16)30-14-29-19)23-9-11-24(12-10-23)31(26,27)18-6-4-17(28-2)5-7-18/h3-8,13,15H,9-12,14H2,1-2H3,(H,22,25)/t15-/m1/s1. The zero-order valence-corrected chi connectivity index (χ0v) is 18.2. The van der Waals surface area contributed by atoms with Crippen molar-refractivity contribution in [2.24, 2.45) is 0 Å². The molecule has 0 unspecified atom stereocenters. The summed E-state index contributed by atoms with van der Waals surface area (Å²) in [5.41, 5.74) is 0.627. The van der Waals surface area contributed by atoms with E-state index in [1.54, 1.807) is 42.5 Å². The molecule has 10 heteroatoms. The lowest BCUT2D eigenvalue weighted by atomic mass is 10.2. The molecule has 1 fully saturated rings. The number of nitrogens with zero attached hydrogens (tertiary/aromatic N) is 2. The number of methoxy groups -OCH3 is 1. The van der Waals surface area contributed by atoms with Crippen LogP contribution in [0.5, 0.6) is 17.2 Å². The molecule has 0 aromatic heterocycles. The van der Waals surface area contributed by atoms with Crippen molar-refractivity contribution in [1.82, 2.24) is 9.21 Å². The third kappa shape index (κ3) is 4.46. The number of hydrogen-bond donors (Lipinski definition) is 1. The Morgan fingerprint density at radius 1 is 1.03 bits per heavy atom. The Kier molecular flexibility index (Phi) is 6.03.